The summed E-state index contributed by atoms with van der Waals surface area (Å²) in [6.45, 7) is 2.05. The third-order valence-corrected chi connectivity index (χ3v) is 3.36. The second-order valence-corrected chi connectivity index (χ2v) is 4.72. The molecular weight excluding hydrogens is 224 g/mol. The van der Waals surface area contributed by atoms with Crippen LogP contribution < -0.4 is 0 Å². The van der Waals surface area contributed by atoms with E-state index in [0.29, 0.717) is 0 Å². The third-order valence-electron chi connectivity index (χ3n) is 3.36. The third kappa shape index (κ3) is 1.68. The van der Waals surface area contributed by atoms with Gasteiger partial charge in [0.05, 0.1) is 5.69 Å². The standard InChI is InChI=1S/C15H14N2O/c1-10-3-4-14-11(7-10)8-12(15(14)18)9-13-5-6-16-17(13)2/h3-7,9H,8H2,1-2H3. The van der Waals surface area contributed by atoms with Crippen LogP contribution in [-0.4, -0.2) is 15.6 Å². The summed E-state index contributed by atoms with van der Waals surface area (Å²) in [5.74, 6) is 0.145. The molecule has 2 aromatic rings. The van der Waals surface area contributed by atoms with E-state index >= 15 is 0 Å². The average Bonchev–Trinajstić information content (AvgIpc) is 2.86. The predicted octanol–water partition coefficient (Wildman–Crippen LogP) is 2.55. The molecule has 3 nitrogen and oxygen atoms in total. The molecule has 3 rings (SSSR count). The van der Waals surface area contributed by atoms with Crippen molar-refractivity contribution in [2.45, 2.75) is 13.3 Å². The highest BCUT2D eigenvalue weighted by Crippen LogP contribution is 2.28. The summed E-state index contributed by atoms with van der Waals surface area (Å²) in [5.41, 5.74) is 4.98. The summed E-state index contributed by atoms with van der Waals surface area (Å²) >= 11 is 0. The number of hydrogen-bond acceptors (Lipinski definition) is 2. The lowest BCUT2D eigenvalue weighted by Crippen LogP contribution is -1.98. The smallest absolute Gasteiger partial charge is 0.189 e. The number of aryl methyl sites for hydroxylation is 2. The number of ketones is 1. The molecule has 0 N–H and O–H groups in total. The molecule has 0 saturated carbocycles. The van der Waals surface area contributed by atoms with Gasteiger partial charge < -0.3 is 0 Å². The van der Waals surface area contributed by atoms with Gasteiger partial charge >= 0.3 is 0 Å². The van der Waals surface area contributed by atoms with Crippen molar-refractivity contribution in [2.75, 3.05) is 0 Å². The first kappa shape index (κ1) is 11.0. The van der Waals surface area contributed by atoms with Gasteiger partial charge in [0.15, 0.2) is 5.78 Å². The zero-order valence-corrected chi connectivity index (χ0v) is 10.5. The highest BCUT2D eigenvalue weighted by atomic mass is 16.1. The largest absolute Gasteiger partial charge is 0.289 e. The molecule has 0 aliphatic heterocycles. The fourth-order valence-electron chi connectivity index (χ4n) is 2.37. The van der Waals surface area contributed by atoms with E-state index in [1.165, 1.54) is 5.56 Å². The Bertz CT molecular complexity index is 665. The number of nitrogens with zero attached hydrogens (tertiary/aromatic N) is 2. The van der Waals surface area contributed by atoms with E-state index in [4.69, 9.17) is 0 Å². The number of carbonyl (C=O) groups excluding carboxylic acids is 1. The molecule has 1 heterocycles. The highest BCUT2D eigenvalue weighted by Gasteiger charge is 2.24. The van der Waals surface area contributed by atoms with E-state index in [2.05, 4.69) is 11.2 Å². The van der Waals surface area contributed by atoms with E-state index in [0.717, 1.165) is 28.8 Å². The number of allylic oxidation sites excluding steroid dienone is 1. The second kappa shape index (κ2) is 3.95. The van der Waals surface area contributed by atoms with Crippen LogP contribution in [0.5, 0.6) is 0 Å². The summed E-state index contributed by atoms with van der Waals surface area (Å²) in [6.07, 6.45) is 4.40. The van der Waals surface area contributed by atoms with Crippen molar-refractivity contribution < 1.29 is 4.79 Å². The summed E-state index contributed by atoms with van der Waals surface area (Å²) in [4.78, 5) is 12.2. The maximum atomic E-state index is 12.2. The maximum Gasteiger partial charge on any atom is 0.189 e. The van der Waals surface area contributed by atoms with E-state index in [-0.39, 0.29) is 5.78 Å². The molecule has 1 aliphatic carbocycles. The lowest BCUT2D eigenvalue weighted by molar-refractivity contribution is 0.104. The Morgan fingerprint density at radius 1 is 1.33 bits per heavy atom. The number of carbonyl (C=O) groups is 1. The predicted molar refractivity (Wildman–Crippen MR) is 70.4 cm³/mol. The van der Waals surface area contributed by atoms with Gasteiger partial charge in [-0.05, 0) is 24.6 Å². The Morgan fingerprint density at radius 3 is 2.89 bits per heavy atom. The highest BCUT2D eigenvalue weighted by molar-refractivity contribution is 6.15. The lowest BCUT2D eigenvalue weighted by atomic mass is 10.1. The van der Waals surface area contributed by atoms with Crippen LogP contribution in [-0.2, 0) is 13.5 Å². The van der Waals surface area contributed by atoms with Gasteiger partial charge in [0.1, 0.15) is 0 Å². The Morgan fingerprint density at radius 2 is 2.17 bits per heavy atom. The van der Waals surface area contributed by atoms with Gasteiger partial charge in [-0.15, -0.1) is 0 Å². The van der Waals surface area contributed by atoms with Crippen LogP contribution in [0.1, 0.15) is 27.2 Å². The molecule has 0 radical (unpaired) electrons. The number of Topliss-reactive ketones (excluding diaryl/α,β-unsaturated/α-hetero) is 1. The Hall–Kier alpha value is -2.16. The molecule has 0 spiro atoms. The zero-order valence-electron chi connectivity index (χ0n) is 10.5. The van der Waals surface area contributed by atoms with Gasteiger partial charge in [-0.2, -0.15) is 5.10 Å². The van der Waals surface area contributed by atoms with Crippen LogP contribution in [0.25, 0.3) is 6.08 Å². The minimum atomic E-state index is 0.145. The molecule has 18 heavy (non-hydrogen) atoms. The van der Waals surface area contributed by atoms with Crippen molar-refractivity contribution in [3.8, 4) is 0 Å². The van der Waals surface area contributed by atoms with E-state index in [1.54, 1.807) is 10.9 Å². The normalized spacial score (nSPS) is 16.3. The van der Waals surface area contributed by atoms with Crippen molar-refractivity contribution in [3.05, 3.63) is 58.4 Å². The van der Waals surface area contributed by atoms with Crippen molar-refractivity contribution in [3.63, 3.8) is 0 Å². The monoisotopic (exact) mass is 238 g/mol. The van der Waals surface area contributed by atoms with E-state index < -0.39 is 0 Å². The number of benzene rings is 1. The summed E-state index contributed by atoms with van der Waals surface area (Å²) in [5, 5.41) is 4.11. The van der Waals surface area contributed by atoms with Crippen molar-refractivity contribution >= 4 is 11.9 Å². The summed E-state index contributed by atoms with van der Waals surface area (Å²) < 4.78 is 1.77. The lowest BCUT2D eigenvalue weighted by Gasteiger charge is -1.97. The first-order valence-corrected chi connectivity index (χ1v) is 5.98. The van der Waals surface area contributed by atoms with Gasteiger partial charge in [-0.1, -0.05) is 23.8 Å². The molecule has 1 aliphatic rings. The van der Waals surface area contributed by atoms with Gasteiger partial charge in [0.2, 0.25) is 0 Å². The van der Waals surface area contributed by atoms with Gasteiger partial charge in [0, 0.05) is 30.8 Å². The molecule has 0 fully saturated rings. The minimum Gasteiger partial charge on any atom is -0.289 e. The van der Waals surface area contributed by atoms with E-state index in [9.17, 15) is 4.79 Å². The molecule has 1 aromatic heterocycles. The molecule has 0 saturated heterocycles. The van der Waals surface area contributed by atoms with Crippen LogP contribution in [0.15, 0.2) is 36.0 Å². The van der Waals surface area contributed by atoms with Crippen LogP contribution in [0.4, 0.5) is 0 Å². The van der Waals surface area contributed by atoms with E-state index in [1.807, 2.05) is 38.2 Å². The number of aromatic nitrogens is 2. The van der Waals surface area contributed by atoms with Crippen LogP contribution in [0, 0.1) is 6.92 Å². The zero-order chi connectivity index (χ0) is 12.7. The number of hydrogen-bond donors (Lipinski definition) is 0. The quantitative estimate of drug-likeness (QED) is 0.716. The number of rotatable bonds is 1. The molecule has 90 valence electrons. The molecular formula is C15H14N2O. The Balaban J connectivity index is 2.02. The maximum absolute atomic E-state index is 12.2. The fourth-order valence-corrected chi connectivity index (χ4v) is 2.37. The minimum absolute atomic E-state index is 0.145. The number of fused-ring (bicyclic) bond motifs is 1. The summed E-state index contributed by atoms with van der Waals surface area (Å²) in [7, 11) is 1.88. The topological polar surface area (TPSA) is 34.9 Å². The average molecular weight is 238 g/mol. The molecule has 0 bridgehead atoms. The van der Waals surface area contributed by atoms with Gasteiger partial charge in [0.25, 0.3) is 0 Å². The van der Waals surface area contributed by atoms with Crippen LogP contribution >= 0.6 is 0 Å². The van der Waals surface area contributed by atoms with Gasteiger partial charge in [-0.25, -0.2) is 0 Å². The van der Waals surface area contributed by atoms with Crippen molar-refractivity contribution in [1.29, 1.82) is 0 Å². The van der Waals surface area contributed by atoms with Crippen molar-refractivity contribution in [1.82, 2.24) is 9.78 Å². The molecule has 0 atom stereocenters. The van der Waals surface area contributed by atoms with Crippen LogP contribution in [0.2, 0.25) is 0 Å². The molecule has 3 heteroatoms. The summed E-state index contributed by atoms with van der Waals surface area (Å²) in [6, 6.07) is 7.92. The Labute approximate surface area is 106 Å². The SMILES string of the molecule is Cc1ccc2c(c1)CC(=Cc1ccnn1C)C2=O. The molecule has 0 amide bonds. The molecule has 0 unspecified atom stereocenters. The van der Waals surface area contributed by atoms with Gasteiger partial charge in [-0.3, -0.25) is 9.48 Å². The Kier molecular flexibility index (Phi) is 2.40. The van der Waals surface area contributed by atoms with Crippen molar-refractivity contribution in [2.24, 2.45) is 7.05 Å². The first-order chi connectivity index (χ1) is 8.65. The first-order valence-electron chi connectivity index (χ1n) is 5.98. The fraction of sp³-hybridized carbons (Fsp3) is 0.200. The van der Waals surface area contributed by atoms with Crippen LogP contribution in [0.3, 0.4) is 0 Å². The molecule has 1 aromatic carbocycles. The second-order valence-electron chi connectivity index (χ2n) is 4.72.